The van der Waals surface area contributed by atoms with Gasteiger partial charge in [0.25, 0.3) is 0 Å². The molecule has 1 aromatic heterocycles. The second-order valence-electron chi connectivity index (χ2n) is 2.97. The fourth-order valence-electron chi connectivity index (χ4n) is 1.12. The summed E-state index contributed by atoms with van der Waals surface area (Å²) in [5.74, 6) is 1.77. The monoisotopic (exact) mass is 225 g/mol. The van der Waals surface area contributed by atoms with Gasteiger partial charge in [-0.15, -0.1) is 0 Å². The van der Waals surface area contributed by atoms with Crippen molar-refractivity contribution in [2.45, 2.75) is 5.75 Å². The summed E-state index contributed by atoms with van der Waals surface area (Å²) in [5, 5.41) is 7.37. The summed E-state index contributed by atoms with van der Waals surface area (Å²) in [6, 6.07) is 3.81. The van der Waals surface area contributed by atoms with Gasteiger partial charge in [-0.25, -0.2) is 0 Å². The average Bonchev–Trinajstić information content (AvgIpc) is 2.25. The number of hydrogen-bond donors (Lipinski definition) is 2. The predicted molar refractivity (Wildman–Crippen MR) is 63.3 cm³/mol. The molecule has 0 atom stereocenters. The van der Waals surface area contributed by atoms with E-state index in [0.717, 1.165) is 23.7 Å². The molecule has 0 aliphatic rings. The number of ether oxygens (including phenoxy) is 1. The summed E-state index contributed by atoms with van der Waals surface area (Å²) in [5.41, 5.74) is 7.02. The Morgan fingerprint density at radius 3 is 3.13 bits per heavy atom. The zero-order chi connectivity index (χ0) is 11.1. The van der Waals surface area contributed by atoms with E-state index in [1.165, 1.54) is 0 Å². The third-order valence-corrected chi connectivity index (χ3v) is 2.81. The minimum atomic E-state index is 0.0259. The quantitative estimate of drug-likeness (QED) is 0.434. The molecule has 4 nitrogen and oxygen atoms in total. The molecule has 0 aliphatic carbocycles. The van der Waals surface area contributed by atoms with E-state index < -0.39 is 0 Å². The van der Waals surface area contributed by atoms with Crippen LogP contribution in [0.25, 0.3) is 0 Å². The Morgan fingerprint density at radius 2 is 2.47 bits per heavy atom. The minimum Gasteiger partial charge on any atom is -0.384 e. The molecular weight excluding hydrogens is 210 g/mol. The maximum Gasteiger partial charge on any atom is 0.142 e. The highest BCUT2D eigenvalue weighted by Gasteiger charge is 2.05. The Hall–Kier alpha value is -1.07. The maximum absolute atomic E-state index is 7.37. The predicted octanol–water partition coefficient (Wildman–Crippen LogP) is 1.25. The van der Waals surface area contributed by atoms with Crippen LogP contribution in [0.4, 0.5) is 0 Å². The number of aromatic nitrogens is 1. The number of nitrogens with zero attached hydrogens (tertiary/aromatic N) is 1. The summed E-state index contributed by atoms with van der Waals surface area (Å²) in [6.07, 6.45) is 1.65. The van der Waals surface area contributed by atoms with Gasteiger partial charge in [-0.3, -0.25) is 10.4 Å². The van der Waals surface area contributed by atoms with Crippen LogP contribution in [0, 0.1) is 5.41 Å². The van der Waals surface area contributed by atoms with E-state index in [9.17, 15) is 0 Å². The van der Waals surface area contributed by atoms with Crippen LogP contribution in [0.2, 0.25) is 0 Å². The van der Waals surface area contributed by atoms with Gasteiger partial charge >= 0.3 is 0 Å². The summed E-state index contributed by atoms with van der Waals surface area (Å²) in [7, 11) is 1.69. The Labute approximate surface area is 93.7 Å². The SMILES string of the molecule is COCCSCc1cccnc1C(=N)N. The summed E-state index contributed by atoms with van der Waals surface area (Å²) in [6.45, 7) is 0.736. The standard InChI is InChI=1S/C10H15N3OS/c1-14-5-6-15-7-8-3-2-4-13-9(8)10(11)12/h2-4H,5-7H2,1H3,(H3,11,12). The van der Waals surface area contributed by atoms with E-state index in [4.69, 9.17) is 15.9 Å². The van der Waals surface area contributed by atoms with Crippen LogP contribution < -0.4 is 5.73 Å². The Balaban J connectivity index is 2.56. The number of nitrogens with one attached hydrogen (secondary N) is 1. The van der Waals surface area contributed by atoms with E-state index >= 15 is 0 Å². The van der Waals surface area contributed by atoms with Crippen LogP contribution in [0.5, 0.6) is 0 Å². The molecule has 15 heavy (non-hydrogen) atoms. The summed E-state index contributed by atoms with van der Waals surface area (Å²) < 4.78 is 4.95. The fourth-order valence-corrected chi connectivity index (χ4v) is 2.00. The Morgan fingerprint density at radius 1 is 1.67 bits per heavy atom. The molecule has 1 heterocycles. The molecule has 3 N–H and O–H groups in total. The molecule has 0 radical (unpaired) electrons. The van der Waals surface area contributed by atoms with Gasteiger partial charge in [0.05, 0.1) is 6.61 Å². The van der Waals surface area contributed by atoms with Crippen molar-refractivity contribution in [3.8, 4) is 0 Å². The first-order valence-electron chi connectivity index (χ1n) is 4.60. The van der Waals surface area contributed by atoms with Gasteiger partial charge in [0.15, 0.2) is 0 Å². The van der Waals surface area contributed by atoms with Gasteiger partial charge in [0.2, 0.25) is 0 Å². The first-order chi connectivity index (χ1) is 7.25. The molecule has 1 aromatic rings. The fraction of sp³-hybridized carbons (Fsp3) is 0.400. The number of nitrogens with two attached hydrogens (primary N) is 1. The van der Waals surface area contributed by atoms with Gasteiger partial charge in [-0.1, -0.05) is 6.07 Å². The third kappa shape index (κ3) is 3.89. The lowest BCUT2D eigenvalue weighted by molar-refractivity contribution is 0.218. The molecule has 0 saturated carbocycles. The van der Waals surface area contributed by atoms with Gasteiger partial charge < -0.3 is 10.5 Å². The van der Waals surface area contributed by atoms with E-state index in [0.29, 0.717) is 5.69 Å². The molecule has 0 fully saturated rings. The summed E-state index contributed by atoms with van der Waals surface area (Å²) in [4.78, 5) is 4.08. The number of methoxy groups -OCH3 is 1. The third-order valence-electron chi connectivity index (χ3n) is 1.84. The molecule has 0 unspecified atom stereocenters. The van der Waals surface area contributed by atoms with Crippen LogP contribution >= 0.6 is 11.8 Å². The lowest BCUT2D eigenvalue weighted by Gasteiger charge is -2.06. The molecule has 0 saturated heterocycles. The van der Waals surface area contributed by atoms with Gasteiger partial charge in [-0.2, -0.15) is 11.8 Å². The topological polar surface area (TPSA) is 72.0 Å². The Kier molecular flexibility index (Phi) is 5.14. The molecule has 0 bridgehead atoms. The largest absolute Gasteiger partial charge is 0.384 e. The van der Waals surface area contributed by atoms with Crippen LogP contribution in [0.1, 0.15) is 11.3 Å². The highest BCUT2D eigenvalue weighted by atomic mass is 32.2. The van der Waals surface area contributed by atoms with Crippen LogP contribution in [-0.2, 0) is 10.5 Å². The zero-order valence-electron chi connectivity index (χ0n) is 8.69. The zero-order valence-corrected chi connectivity index (χ0v) is 9.51. The molecule has 0 aliphatic heterocycles. The normalized spacial score (nSPS) is 10.2. The van der Waals surface area contributed by atoms with Crippen molar-refractivity contribution in [2.24, 2.45) is 5.73 Å². The van der Waals surface area contributed by atoms with Crippen molar-refractivity contribution in [3.63, 3.8) is 0 Å². The second kappa shape index (κ2) is 6.42. The van der Waals surface area contributed by atoms with Crippen molar-refractivity contribution in [1.82, 2.24) is 4.98 Å². The smallest absolute Gasteiger partial charge is 0.142 e. The molecule has 0 amide bonds. The maximum atomic E-state index is 7.37. The molecule has 5 heteroatoms. The van der Waals surface area contributed by atoms with Gasteiger partial charge in [0.1, 0.15) is 11.5 Å². The molecule has 1 rings (SSSR count). The van der Waals surface area contributed by atoms with Crippen molar-refractivity contribution in [1.29, 1.82) is 5.41 Å². The van der Waals surface area contributed by atoms with E-state index in [1.807, 2.05) is 12.1 Å². The molecular formula is C10H15N3OS. The van der Waals surface area contributed by atoms with Gasteiger partial charge in [0, 0.05) is 24.8 Å². The van der Waals surface area contributed by atoms with Crippen LogP contribution in [-0.4, -0.2) is 30.3 Å². The first kappa shape index (κ1) is 12.0. The van der Waals surface area contributed by atoms with Crippen molar-refractivity contribution >= 4 is 17.6 Å². The van der Waals surface area contributed by atoms with E-state index in [1.54, 1.807) is 25.1 Å². The van der Waals surface area contributed by atoms with Gasteiger partial charge in [-0.05, 0) is 11.6 Å². The lowest BCUT2D eigenvalue weighted by atomic mass is 10.2. The molecule has 0 spiro atoms. The minimum absolute atomic E-state index is 0.0259. The highest BCUT2D eigenvalue weighted by molar-refractivity contribution is 7.98. The lowest BCUT2D eigenvalue weighted by Crippen LogP contribution is -2.15. The van der Waals surface area contributed by atoms with Crippen molar-refractivity contribution < 1.29 is 4.74 Å². The number of hydrogen-bond acceptors (Lipinski definition) is 4. The second-order valence-corrected chi connectivity index (χ2v) is 4.08. The van der Waals surface area contributed by atoms with Crippen LogP contribution in [0.15, 0.2) is 18.3 Å². The van der Waals surface area contributed by atoms with Crippen molar-refractivity contribution in [2.75, 3.05) is 19.5 Å². The average molecular weight is 225 g/mol. The van der Waals surface area contributed by atoms with Crippen LogP contribution in [0.3, 0.4) is 0 Å². The number of thioether (sulfide) groups is 1. The number of pyridine rings is 1. The number of nitrogen functional groups attached to an aromatic ring is 1. The first-order valence-corrected chi connectivity index (χ1v) is 5.76. The number of rotatable bonds is 6. The number of amidine groups is 1. The molecule has 0 aromatic carbocycles. The van der Waals surface area contributed by atoms with E-state index in [-0.39, 0.29) is 5.84 Å². The van der Waals surface area contributed by atoms with Crippen molar-refractivity contribution in [3.05, 3.63) is 29.6 Å². The summed E-state index contributed by atoms with van der Waals surface area (Å²) >= 11 is 1.75. The highest BCUT2D eigenvalue weighted by Crippen LogP contribution is 2.14. The Bertz CT molecular complexity index is 330. The molecule has 82 valence electrons. The van der Waals surface area contributed by atoms with E-state index in [2.05, 4.69) is 4.98 Å².